The van der Waals surface area contributed by atoms with Gasteiger partial charge in [-0.2, -0.15) is 5.10 Å². The molecule has 0 aliphatic carbocycles. The minimum atomic E-state index is -0.508. The second-order valence-electron chi connectivity index (χ2n) is 4.35. The minimum Gasteiger partial charge on any atom is -0.488 e. The number of amides is 3. The molecule has 0 bridgehead atoms. The highest BCUT2D eigenvalue weighted by Crippen LogP contribution is 2.28. The highest BCUT2D eigenvalue weighted by Gasteiger charge is 2.26. The average Bonchev–Trinajstić information content (AvgIpc) is 2.74. The minimum absolute atomic E-state index is 0.0500. The molecule has 0 unspecified atom stereocenters. The van der Waals surface area contributed by atoms with E-state index >= 15 is 0 Å². The lowest BCUT2D eigenvalue weighted by atomic mass is 10.1. The number of carbonyl (C=O) groups excluding carboxylic acids is 2. The number of fused-ring (bicyclic) bond motifs is 1. The molecular formula is C13H10BrN3O3. The molecule has 2 heterocycles. The number of hydrogen-bond acceptors (Lipinski definition) is 4. The number of hydrogen-bond donors (Lipinski definition) is 1. The van der Waals surface area contributed by atoms with Crippen molar-refractivity contribution < 1.29 is 14.3 Å². The lowest BCUT2D eigenvalue weighted by Gasteiger charge is -2.16. The Balaban J connectivity index is 1.79. The second-order valence-corrected chi connectivity index (χ2v) is 5.26. The standard InChI is InChI=1S/C13H10BrN3O3/c14-10-1-2-11-9(4-10)3-8(7-20-11)5-15-17-6-12(18)16-13(17)19/h1-5H,6-7H2,(H,16,18,19)/b15-5+. The summed E-state index contributed by atoms with van der Waals surface area (Å²) < 4.78 is 6.55. The molecule has 2 aliphatic heterocycles. The lowest BCUT2D eigenvalue weighted by Crippen LogP contribution is -2.24. The summed E-state index contributed by atoms with van der Waals surface area (Å²) in [6.07, 6.45) is 3.46. The fourth-order valence-corrected chi connectivity index (χ4v) is 2.29. The first-order valence-corrected chi connectivity index (χ1v) is 6.69. The van der Waals surface area contributed by atoms with Gasteiger partial charge in [0.15, 0.2) is 0 Å². The van der Waals surface area contributed by atoms with Crippen LogP contribution >= 0.6 is 15.9 Å². The van der Waals surface area contributed by atoms with Crippen LogP contribution in [-0.2, 0) is 4.79 Å². The van der Waals surface area contributed by atoms with Gasteiger partial charge in [-0.15, -0.1) is 0 Å². The molecule has 3 amide bonds. The van der Waals surface area contributed by atoms with Crippen LogP contribution in [0, 0.1) is 0 Å². The largest absolute Gasteiger partial charge is 0.488 e. The van der Waals surface area contributed by atoms with Crippen molar-refractivity contribution in [3.8, 4) is 5.75 Å². The molecule has 1 aromatic carbocycles. The Hall–Kier alpha value is -2.15. The van der Waals surface area contributed by atoms with Crippen LogP contribution in [-0.4, -0.2) is 36.3 Å². The number of ether oxygens (including phenoxy) is 1. The van der Waals surface area contributed by atoms with Crippen molar-refractivity contribution in [1.29, 1.82) is 0 Å². The number of benzene rings is 1. The Bertz CT molecular complexity index is 654. The summed E-state index contributed by atoms with van der Waals surface area (Å²) in [7, 11) is 0. The molecule has 1 N–H and O–H groups in total. The van der Waals surface area contributed by atoms with E-state index in [1.807, 2.05) is 24.3 Å². The molecule has 1 saturated heterocycles. The Kier molecular flexibility index (Phi) is 3.27. The van der Waals surface area contributed by atoms with Crippen molar-refractivity contribution in [2.75, 3.05) is 13.2 Å². The van der Waals surface area contributed by atoms with Crippen LogP contribution in [0.25, 0.3) is 6.08 Å². The van der Waals surface area contributed by atoms with E-state index in [0.29, 0.717) is 6.61 Å². The van der Waals surface area contributed by atoms with Crippen LogP contribution < -0.4 is 10.1 Å². The summed E-state index contributed by atoms with van der Waals surface area (Å²) in [5.41, 5.74) is 1.76. The summed E-state index contributed by atoms with van der Waals surface area (Å²) in [6, 6.07) is 5.23. The first kappa shape index (κ1) is 12.9. The number of hydrazone groups is 1. The molecule has 2 aliphatic rings. The van der Waals surface area contributed by atoms with Crippen LogP contribution in [0.1, 0.15) is 5.56 Å². The van der Waals surface area contributed by atoms with Crippen LogP contribution in [0.2, 0.25) is 0 Å². The topological polar surface area (TPSA) is 71.0 Å². The van der Waals surface area contributed by atoms with Crippen LogP contribution in [0.4, 0.5) is 4.79 Å². The van der Waals surface area contributed by atoms with Crippen molar-refractivity contribution in [2.45, 2.75) is 0 Å². The number of carbonyl (C=O) groups is 2. The maximum Gasteiger partial charge on any atom is 0.344 e. The number of urea groups is 1. The zero-order chi connectivity index (χ0) is 14.1. The molecule has 1 fully saturated rings. The van der Waals surface area contributed by atoms with Gasteiger partial charge in [0.05, 0.1) is 6.21 Å². The van der Waals surface area contributed by atoms with Gasteiger partial charge in [0.25, 0.3) is 0 Å². The Morgan fingerprint density at radius 1 is 1.40 bits per heavy atom. The molecule has 7 heteroatoms. The van der Waals surface area contributed by atoms with Crippen molar-refractivity contribution in [3.05, 3.63) is 33.8 Å². The van der Waals surface area contributed by atoms with Gasteiger partial charge in [-0.1, -0.05) is 15.9 Å². The Morgan fingerprint density at radius 2 is 2.25 bits per heavy atom. The molecule has 3 rings (SSSR count). The normalized spacial score (nSPS) is 17.9. The summed E-state index contributed by atoms with van der Waals surface area (Å²) in [6.45, 7) is 0.327. The molecule has 0 saturated carbocycles. The number of nitrogens with one attached hydrogen (secondary N) is 1. The third-order valence-electron chi connectivity index (χ3n) is 2.84. The maximum absolute atomic E-state index is 11.3. The van der Waals surface area contributed by atoms with Crippen molar-refractivity contribution in [1.82, 2.24) is 10.3 Å². The third-order valence-corrected chi connectivity index (χ3v) is 3.34. The van der Waals surface area contributed by atoms with E-state index < -0.39 is 6.03 Å². The van der Waals surface area contributed by atoms with Crippen molar-refractivity contribution in [3.63, 3.8) is 0 Å². The van der Waals surface area contributed by atoms with Gasteiger partial charge in [0.1, 0.15) is 18.9 Å². The third kappa shape index (κ3) is 2.57. The molecule has 1 aromatic rings. The van der Waals surface area contributed by atoms with Gasteiger partial charge in [-0.05, 0) is 24.3 Å². The molecule has 20 heavy (non-hydrogen) atoms. The molecule has 0 spiro atoms. The van der Waals surface area contributed by atoms with Crippen molar-refractivity contribution in [2.24, 2.45) is 5.10 Å². The fourth-order valence-electron chi connectivity index (χ4n) is 1.91. The van der Waals surface area contributed by atoms with Gasteiger partial charge in [0.2, 0.25) is 5.91 Å². The van der Waals surface area contributed by atoms with Crippen LogP contribution in [0.5, 0.6) is 5.75 Å². The number of rotatable bonds is 2. The van der Waals surface area contributed by atoms with E-state index in [2.05, 4.69) is 26.3 Å². The summed E-state index contributed by atoms with van der Waals surface area (Å²) in [4.78, 5) is 22.3. The smallest absolute Gasteiger partial charge is 0.344 e. The Morgan fingerprint density at radius 3 is 3.00 bits per heavy atom. The average molecular weight is 336 g/mol. The summed E-state index contributed by atoms with van der Waals surface area (Å²) >= 11 is 3.40. The Labute approximate surface area is 123 Å². The maximum atomic E-state index is 11.3. The summed E-state index contributed by atoms with van der Waals surface area (Å²) in [5, 5.41) is 7.23. The number of imide groups is 1. The van der Waals surface area contributed by atoms with Gasteiger partial charge in [0, 0.05) is 15.6 Å². The van der Waals surface area contributed by atoms with E-state index in [-0.39, 0.29) is 12.5 Å². The first-order valence-electron chi connectivity index (χ1n) is 5.90. The van der Waals surface area contributed by atoms with Gasteiger partial charge >= 0.3 is 6.03 Å². The van der Waals surface area contributed by atoms with Crippen LogP contribution in [0.3, 0.4) is 0 Å². The molecule has 6 nitrogen and oxygen atoms in total. The molecule has 102 valence electrons. The SMILES string of the molecule is O=C1CN(/N=C/C2=Cc3cc(Br)ccc3OC2)C(=O)N1. The predicted molar refractivity (Wildman–Crippen MR) is 76.4 cm³/mol. The number of halogens is 1. The lowest BCUT2D eigenvalue weighted by molar-refractivity contribution is -0.118. The van der Waals surface area contributed by atoms with Crippen molar-refractivity contribution >= 4 is 40.2 Å². The monoisotopic (exact) mass is 335 g/mol. The molecule has 0 atom stereocenters. The van der Waals surface area contributed by atoms with Gasteiger partial charge < -0.3 is 4.74 Å². The van der Waals surface area contributed by atoms with E-state index in [9.17, 15) is 9.59 Å². The van der Waals surface area contributed by atoms with E-state index in [4.69, 9.17) is 4.74 Å². The van der Waals surface area contributed by atoms with E-state index in [1.54, 1.807) is 0 Å². The number of nitrogens with zero attached hydrogens (tertiary/aromatic N) is 2. The summed E-state index contributed by atoms with van der Waals surface area (Å²) in [5.74, 6) is 0.453. The molecule has 0 radical (unpaired) electrons. The molecule has 0 aromatic heterocycles. The highest BCUT2D eigenvalue weighted by molar-refractivity contribution is 9.10. The highest BCUT2D eigenvalue weighted by atomic mass is 79.9. The van der Waals surface area contributed by atoms with Gasteiger partial charge in [-0.25, -0.2) is 9.80 Å². The van der Waals surface area contributed by atoms with Gasteiger partial charge in [-0.3, -0.25) is 10.1 Å². The molecular weight excluding hydrogens is 326 g/mol. The fraction of sp³-hybridized carbons (Fsp3) is 0.154. The second kappa shape index (κ2) is 5.09. The predicted octanol–water partition coefficient (Wildman–Crippen LogP) is 1.76. The van der Waals surface area contributed by atoms with Crippen LogP contribution in [0.15, 0.2) is 33.3 Å². The quantitative estimate of drug-likeness (QED) is 0.661. The zero-order valence-electron chi connectivity index (χ0n) is 10.3. The zero-order valence-corrected chi connectivity index (χ0v) is 11.9. The van der Waals surface area contributed by atoms with E-state index in [0.717, 1.165) is 26.4 Å². The van der Waals surface area contributed by atoms with E-state index in [1.165, 1.54) is 6.21 Å². The first-order chi connectivity index (χ1) is 9.61.